The second-order valence-electron chi connectivity index (χ2n) is 6.68. The predicted octanol–water partition coefficient (Wildman–Crippen LogP) is 3.90. The molecular formula is C19H16F3N3O2S. The third kappa shape index (κ3) is 3.19. The molecule has 5 nitrogen and oxygen atoms in total. The van der Waals surface area contributed by atoms with Gasteiger partial charge in [-0.1, -0.05) is 13.0 Å². The van der Waals surface area contributed by atoms with Crippen LogP contribution in [-0.4, -0.2) is 34.1 Å². The fourth-order valence-corrected chi connectivity index (χ4v) is 4.57. The van der Waals surface area contributed by atoms with Gasteiger partial charge in [0.2, 0.25) is 0 Å². The molecule has 0 spiro atoms. The molecule has 3 heterocycles. The lowest BCUT2D eigenvalue weighted by molar-refractivity contribution is -0.135. The van der Waals surface area contributed by atoms with Crippen LogP contribution in [-0.2, 0) is 17.6 Å². The van der Waals surface area contributed by atoms with E-state index in [0.717, 1.165) is 29.0 Å². The Hall–Kier alpha value is -2.68. The van der Waals surface area contributed by atoms with Gasteiger partial charge in [0.15, 0.2) is 11.6 Å². The predicted molar refractivity (Wildman–Crippen MR) is 99.4 cm³/mol. The molecule has 1 aliphatic rings. The SMILES string of the molecule is CCc1ccc2c(n1)N(CC(=O)O)CC2Cc1nc2c(F)c(F)cc(F)c2s1. The molecule has 0 saturated heterocycles. The number of nitrogens with zero attached hydrogens (tertiary/aromatic N) is 3. The Morgan fingerprint density at radius 2 is 2.07 bits per heavy atom. The van der Waals surface area contributed by atoms with Crippen molar-refractivity contribution in [1.29, 1.82) is 0 Å². The van der Waals surface area contributed by atoms with Crippen molar-refractivity contribution in [1.82, 2.24) is 9.97 Å². The quantitative estimate of drug-likeness (QED) is 0.650. The van der Waals surface area contributed by atoms with Gasteiger partial charge in [-0.25, -0.2) is 23.1 Å². The smallest absolute Gasteiger partial charge is 0.323 e. The van der Waals surface area contributed by atoms with Crippen molar-refractivity contribution in [3.63, 3.8) is 0 Å². The number of carbonyl (C=O) groups is 1. The summed E-state index contributed by atoms with van der Waals surface area (Å²) < 4.78 is 41.3. The molecule has 3 aromatic rings. The summed E-state index contributed by atoms with van der Waals surface area (Å²) in [4.78, 5) is 21.6. The first-order valence-corrected chi connectivity index (χ1v) is 9.58. The minimum absolute atomic E-state index is 0.0195. The van der Waals surface area contributed by atoms with Crippen LogP contribution >= 0.6 is 11.3 Å². The summed E-state index contributed by atoms with van der Waals surface area (Å²) in [7, 11) is 0. The lowest BCUT2D eigenvalue weighted by atomic mass is 9.99. The summed E-state index contributed by atoms with van der Waals surface area (Å²) in [5.74, 6) is -3.73. The van der Waals surface area contributed by atoms with Gasteiger partial charge in [-0.3, -0.25) is 4.79 Å². The van der Waals surface area contributed by atoms with Crippen LogP contribution in [0.25, 0.3) is 10.2 Å². The topological polar surface area (TPSA) is 66.3 Å². The summed E-state index contributed by atoms with van der Waals surface area (Å²) in [5, 5.41) is 9.65. The Kier molecular flexibility index (Phi) is 4.70. The zero-order valence-electron chi connectivity index (χ0n) is 14.9. The number of pyridine rings is 1. The fraction of sp³-hybridized carbons (Fsp3) is 0.316. The largest absolute Gasteiger partial charge is 0.480 e. The summed E-state index contributed by atoms with van der Waals surface area (Å²) >= 11 is 0.983. The third-order valence-electron chi connectivity index (χ3n) is 4.81. The van der Waals surface area contributed by atoms with Gasteiger partial charge in [-0.15, -0.1) is 11.3 Å². The molecule has 0 fully saturated rings. The van der Waals surface area contributed by atoms with Gasteiger partial charge in [0.05, 0.1) is 9.71 Å². The number of aliphatic carboxylic acids is 1. The highest BCUT2D eigenvalue weighted by Gasteiger charge is 2.32. The van der Waals surface area contributed by atoms with Crippen LogP contribution in [0.5, 0.6) is 0 Å². The number of thiazole rings is 1. The van der Waals surface area contributed by atoms with E-state index in [0.29, 0.717) is 29.9 Å². The molecule has 1 atom stereocenters. The van der Waals surface area contributed by atoms with Crippen molar-refractivity contribution < 1.29 is 23.1 Å². The maximum atomic E-state index is 14.0. The van der Waals surface area contributed by atoms with E-state index in [1.807, 2.05) is 19.1 Å². The van der Waals surface area contributed by atoms with E-state index in [2.05, 4.69) is 9.97 Å². The van der Waals surface area contributed by atoms with Gasteiger partial charge in [0.1, 0.15) is 23.7 Å². The highest BCUT2D eigenvalue weighted by atomic mass is 32.1. The molecule has 0 amide bonds. The molecule has 0 radical (unpaired) electrons. The van der Waals surface area contributed by atoms with Gasteiger partial charge in [0.25, 0.3) is 0 Å². The van der Waals surface area contributed by atoms with E-state index in [4.69, 9.17) is 0 Å². The van der Waals surface area contributed by atoms with Crippen LogP contribution in [0, 0.1) is 17.5 Å². The Morgan fingerprint density at radius 1 is 1.29 bits per heavy atom. The van der Waals surface area contributed by atoms with Gasteiger partial charge >= 0.3 is 5.97 Å². The Balaban J connectivity index is 1.69. The van der Waals surface area contributed by atoms with Gasteiger partial charge in [0, 0.05) is 30.6 Å². The summed E-state index contributed by atoms with van der Waals surface area (Å²) in [6.07, 6.45) is 1.08. The second kappa shape index (κ2) is 7.05. The fourth-order valence-electron chi connectivity index (χ4n) is 3.52. The molecule has 1 aromatic carbocycles. The first-order chi connectivity index (χ1) is 13.4. The number of rotatable bonds is 5. The summed E-state index contributed by atoms with van der Waals surface area (Å²) in [6.45, 7) is 2.20. The molecule has 146 valence electrons. The van der Waals surface area contributed by atoms with Crippen molar-refractivity contribution in [2.75, 3.05) is 18.0 Å². The molecule has 0 aliphatic carbocycles. The van der Waals surface area contributed by atoms with E-state index < -0.39 is 23.4 Å². The number of carboxylic acid groups (broad SMARTS) is 1. The first-order valence-electron chi connectivity index (χ1n) is 8.76. The molecule has 0 bridgehead atoms. The van der Waals surface area contributed by atoms with E-state index in [-0.39, 0.29) is 22.7 Å². The summed E-state index contributed by atoms with van der Waals surface area (Å²) in [5.41, 5.74) is 1.43. The van der Waals surface area contributed by atoms with Gasteiger partial charge in [-0.05, 0) is 18.1 Å². The monoisotopic (exact) mass is 407 g/mol. The van der Waals surface area contributed by atoms with Crippen LogP contribution in [0.1, 0.15) is 29.1 Å². The van der Waals surface area contributed by atoms with Crippen molar-refractivity contribution in [2.45, 2.75) is 25.7 Å². The minimum atomic E-state index is -1.27. The zero-order chi connectivity index (χ0) is 20.0. The summed E-state index contributed by atoms with van der Waals surface area (Å²) in [6, 6.07) is 4.33. The standard InChI is InChI=1S/C19H16F3N3O2S/c1-2-10-3-4-11-9(7-25(8-15(26)27)19(11)23-10)5-14-24-17-16(22)12(20)6-13(21)18(17)28-14/h3-4,6,9H,2,5,7-8H2,1H3,(H,26,27). The number of aromatic nitrogens is 2. The molecule has 2 aromatic heterocycles. The molecule has 4 rings (SSSR count). The van der Waals surface area contributed by atoms with E-state index in [9.17, 15) is 23.1 Å². The number of hydrogen-bond acceptors (Lipinski definition) is 5. The van der Waals surface area contributed by atoms with E-state index in [1.165, 1.54) is 0 Å². The number of aryl methyl sites for hydroxylation is 1. The molecular weight excluding hydrogens is 391 g/mol. The lowest BCUT2D eigenvalue weighted by Gasteiger charge is -2.16. The number of anilines is 1. The first kappa shape index (κ1) is 18.7. The second-order valence-corrected chi connectivity index (χ2v) is 7.77. The molecule has 9 heteroatoms. The van der Waals surface area contributed by atoms with Crippen LogP contribution in [0.15, 0.2) is 18.2 Å². The average molecular weight is 407 g/mol. The van der Waals surface area contributed by atoms with E-state index >= 15 is 0 Å². The van der Waals surface area contributed by atoms with Crippen molar-refractivity contribution in [3.05, 3.63) is 51.9 Å². The zero-order valence-corrected chi connectivity index (χ0v) is 15.7. The number of halogens is 3. The van der Waals surface area contributed by atoms with Gasteiger partial charge in [-0.2, -0.15) is 0 Å². The van der Waals surface area contributed by atoms with Crippen molar-refractivity contribution in [3.8, 4) is 0 Å². The molecule has 28 heavy (non-hydrogen) atoms. The molecule has 1 N–H and O–H groups in total. The van der Waals surface area contributed by atoms with Crippen molar-refractivity contribution in [2.24, 2.45) is 0 Å². The third-order valence-corrected chi connectivity index (χ3v) is 5.90. The van der Waals surface area contributed by atoms with Crippen LogP contribution < -0.4 is 4.90 Å². The lowest BCUT2D eigenvalue weighted by Crippen LogP contribution is -2.29. The molecule has 0 saturated carbocycles. The van der Waals surface area contributed by atoms with Crippen LogP contribution in [0.3, 0.4) is 0 Å². The van der Waals surface area contributed by atoms with E-state index in [1.54, 1.807) is 4.90 Å². The average Bonchev–Trinajstić information content (AvgIpc) is 3.22. The Morgan fingerprint density at radius 3 is 2.79 bits per heavy atom. The number of hydrogen-bond donors (Lipinski definition) is 1. The number of benzene rings is 1. The normalized spacial score (nSPS) is 16.0. The Bertz CT molecular complexity index is 1090. The maximum absolute atomic E-state index is 14.0. The molecule has 1 aliphatic heterocycles. The van der Waals surface area contributed by atoms with Crippen LogP contribution in [0.2, 0.25) is 0 Å². The van der Waals surface area contributed by atoms with Crippen molar-refractivity contribution >= 4 is 33.3 Å². The maximum Gasteiger partial charge on any atom is 0.323 e. The number of fused-ring (bicyclic) bond motifs is 2. The highest BCUT2D eigenvalue weighted by Crippen LogP contribution is 2.38. The highest BCUT2D eigenvalue weighted by molar-refractivity contribution is 7.18. The minimum Gasteiger partial charge on any atom is -0.480 e. The Labute approximate surface area is 162 Å². The molecule has 1 unspecified atom stereocenters. The van der Waals surface area contributed by atoms with Gasteiger partial charge < -0.3 is 10.0 Å². The number of carboxylic acids is 1. The van der Waals surface area contributed by atoms with Crippen LogP contribution in [0.4, 0.5) is 19.0 Å².